The Labute approximate surface area is 120 Å². The number of amides is 1. The molecule has 1 aliphatic rings. The fourth-order valence-electron chi connectivity index (χ4n) is 2.45. The van der Waals surface area contributed by atoms with E-state index in [9.17, 15) is 4.79 Å². The highest BCUT2D eigenvalue weighted by Gasteiger charge is 2.23. The molecule has 19 heavy (non-hydrogen) atoms. The minimum absolute atomic E-state index is 0.0507. The molecule has 1 amide bonds. The summed E-state index contributed by atoms with van der Waals surface area (Å²) in [4.78, 5) is 16.7. The summed E-state index contributed by atoms with van der Waals surface area (Å²) in [6, 6.07) is 7.27. The summed E-state index contributed by atoms with van der Waals surface area (Å²) in [7, 11) is 0. The SMILES string of the molecule is CC(C)CN1CCN(C(=O)c2ccccc2Cl)CC1. The predicted octanol–water partition coefficient (Wildman–Crippen LogP) is 2.75. The molecule has 0 bridgehead atoms. The Hall–Kier alpha value is -1.06. The Bertz CT molecular complexity index is 440. The summed E-state index contributed by atoms with van der Waals surface area (Å²) in [5.74, 6) is 0.723. The first-order valence-corrected chi connectivity index (χ1v) is 7.22. The summed E-state index contributed by atoms with van der Waals surface area (Å²) in [6.45, 7) is 9.03. The highest BCUT2D eigenvalue weighted by molar-refractivity contribution is 6.33. The van der Waals surface area contributed by atoms with Crippen LogP contribution in [-0.2, 0) is 0 Å². The molecule has 1 aromatic carbocycles. The number of piperazine rings is 1. The zero-order valence-corrected chi connectivity index (χ0v) is 12.4. The molecule has 3 nitrogen and oxygen atoms in total. The van der Waals surface area contributed by atoms with Crippen LogP contribution in [0.15, 0.2) is 24.3 Å². The number of benzene rings is 1. The van der Waals surface area contributed by atoms with Gasteiger partial charge in [0.05, 0.1) is 10.6 Å². The molecule has 1 aliphatic heterocycles. The Morgan fingerprint density at radius 1 is 1.21 bits per heavy atom. The standard InChI is InChI=1S/C15H21ClN2O/c1-12(2)11-17-7-9-18(10-8-17)15(19)13-5-3-4-6-14(13)16/h3-6,12H,7-11H2,1-2H3. The maximum atomic E-state index is 12.4. The molecule has 1 fully saturated rings. The average Bonchev–Trinajstić information content (AvgIpc) is 2.39. The van der Waals surface area contributed by atoms with Crippen molar-refractivity contribution in [3.63, 3.8) is 0 Å². The lowest BCUT2D eigenvalue weighted by Gasteiger charge is -2.35. The van der Waals surface area contributed by atoms with Crippen molar-refractivity contribution in [1.82, 2.24) is 9.80 Å². The maximum absolute atomic E-state index is 12.4. The van der Waals surface area contributed by atoms with E-state index < -0.39 is 0 Å². The quantitative estimate of drug-likeness (QED) is 0.850. The predicted molar refractivity (Wildman–Crippen MR) is 78.6 cm³/mol. The minimum atomic E-state index is 0.0507. The van der Waals surface area contributed by atoms with Crippen molar-refractivity contribution in [3.8, 4) is 0 Å². The Morgan fingerprint density at radius 2 is 1.84 bits per heavy atom. The van der Waals surface area contributed by atoms with E-state index in [1.807, 2.05) is 17.0 Å². The van der Waals surface area contributed by atoms with Crippen LogP contribution < -0.4 is 0 Å². The number of carbonyl (C=O) groups is 1. The lowest BCUT2D eigenvalue weighted by molar-refractivity contribution is 0.0624. The highest BCUT2D eigenvalue weighted by atomic mass is 35.5. The van der Waals surface area contributed by atoms with Gasteiger partial charge in [0, 0.05) is 32.7 Å². The van der Waals surface area contributed by atoms with Crippen molar-refractivity contribution in [2.45, 2.75) is 13.8 Å². The molecule has 104 valence electrons. The molecule has 0 aliphatic carbocycles. The minimum Gasteiger partial charge on any atom is -0.336 e. The van der Waals surface area contributed by atoms with Gasteiger partial charge in [-0.25, -0.2) is 0 Å². The average molecular weight is 281 g/mol. The van der Waals surface area contributed by atoms with Crippen molar-refractivity contribution >= 4 is 17.5 Å². The molecule has 1 saturated heterocycles. The van der Waals surface area contributed by atoms with Crippen LogP contribution in [0.5, 0.6) is 0 Å². The smallest absolute Gasteiger partial charge is 0.255 e. The van der Waals surface area contributed by atoms with Crippen LogP contribution in [0.2, 0.25) is 5.02 Å². The first-order chi connectivity index (χ1) is 9.08. The van der Waals surface area contributed by atoms with Gasteiger partial charge in [0.25, 0.3) is 5.91 Å². The third-order valence-corrected chi connectivity index (χ3v) is 3.72. The van der Waals surface area contributed by atoms with Crippen molar-refractivity contribution in [2.24, 2.45) is 5.92 Å². The number of halogens is 1. The van der Waals surface area contributed by atoms with E-state index in [4.69, 9.17) is 11.6 Å². The molecule has 0 saturated carbocycles. The van der Waals surface area contributed by atoms with E-state index in [2.05, 4.69) is 18.7 Å². The molecule has 0 unspecified atom stereocenters. The molecule has 0 radical (unpaired) electrons. The normalized spacial score (nSPS) is 16.9. The van der Waals surface area contributed by atoms with Gasteiger partial charge in [-0.3, -0.25) is 9.69 Å². The van der Waals surface area contributed by atoms with Gasteiger partial charge in [-0.2, -0.15) is 0 Å². The molecule has 0 spiro atoms. The zero-order chi connectivity index (χ0) is 13.8. The Morgan fingerprint density at radius 3 is 2.42 bits per heavy atom. The van der Waals surface area contributed by atoms with Gasteiger partial charge in [-0.1, -0.05) is 37.6 Å². The lowest BCUT2D eigenvalue weighted by atomic mass is 10.1. The number of hydrogen-bond acceptors (Lipinski definition) is 2. The van der Waals surface area contributed by atoms with Crippen molar-refractivity contribution in [2.75, 3.05) is 32.7 Å². The van der Waals surface area contributed by atoms with Crippen LogP contribution in [-0.4, -0.2) is 48.4 Å². The molecule has 1 heterocycles. The van der Waals surface area contributed by atoms with Crippen LogP contribution in [0.4, 0.5) is 0 Å². The summed E-state index contributed by atoms with van der Waals surface area (Å²) >= 11 is 6.08. The molecular weight excluding hydrogens is 260 g/mol. The number of rotatable bonds is 3. The van der Waals surface area contributed by atoms with Crippen LogP contribution in [0.25, 0.3) is 0 Å². The first kappa shape index (κ1) is 14.4. The monoisotopic (exact) mass is 280 g/mol. The van der Waals surface area contributed by atoms with Gasteiger partial charge in [0.15, 0.2) is 0 Å². The number of hydrogen-bond donors (Lipinski definition) is 0. The maximum Gasteiger partial charge on any atom is 0.255 e. The van der Waals surface area contributed by atoms with Gasteiger partial charge in [-0.05, 0) is 18.1 Å². The van der Waals surface area contributed by atoms with E-state index in [1.54, 1.807) is 12.1 Å². The lowest BCUT2D eigenvalue weighted by Crippen LogP contribution is -2.49. The van der Waals surface area contributed by atoms with Crippen LogP contribution in [0.1, 0.15) is 24.2 Å². The van der Waals surface area contributed by atoms with E-state index in [1.165, 1.54) is 0 Å². The fourth-order valence-corrected chi connectivity index (χ4v) is 2.67. The van der Waals surface area contributed by atoms with Crippen molar-refractivity contribution < 1.29 is 4.79 Å². The molecule has 1 aromatic rings. The first-order valence-electron chi connectivity index (χ1n) is 6.84. The largest absolute Gasteiger partial charge is 0.336 e. The van der Waals surface area contributed by atoms with Gasteiger partial charge in [-0.15, -0.1) is 0 Å². The van der Waals surface area contributed by atoms with Crippen LogP contribution in [0.3, 0.4) is 0 Å². The Balaban J connectivity index is 1.95. The fraction of sp³-hybridized carbons (Fsp3) is 0.533. The van der Waals surface area contributed by atoms with E-state index >= 15 is 0 Å². The highest BCUT2D eigenvalue weighted by Crippen LogP contribution is 2.18. The summed E-state index contributed by atoms with van der Waals surface area (Å²) < 4.78 is 0. The number of nitrogens with zero attached hydrogens (tertiary/aromatic N) is 2. The molecule has 0 N–H and O–H groups in total. The Kier molecular flexibility index (Phi) is 4.83. The summed E-state index contributed by atoms with van der Waals surface area (Å²) in [5.41, 5.74) is 0.612. The van der Waals surface area contributed by atoms with Crippen molar-refractivity contribution in [1.29, 1.82) is 0 Å². The van der Waals surface area contributed by atoms with E-state index in [0.717, 1.165) is 32.7 Å². The van der Waals surface area contributed by atoms with Gasteiger partial charge < -0.3 is 4.90 Å². The van der Waals surface area contributed by atoms with Gasteiger partial charge in [0.2, 0.25) is 0 Å². The molecule has 0 atom stereocenters. The van der Waals surface area contributed by atoms with E-state index in [-0.39, 0.29) is 5.91 Å². The van der Waals surface area contributed by atoms with Crippen LogP contribution >= 0.6 is 11.6 Å². The number of carbonyl (C=O) groups excluding carboxylic acids is 1. The topological polar surface area (TPSA) is 23.6 Å². The third kappa shape index (κ3) is 3.71. The van der Waals surface area contributed by atoms with E-state index in [0.29, 0.717) is 16.5 Å². The second-order valence-electron chi connectivity index (χ2n) is 5.47. The summed E-state index contributed by atoms with van der Waals surface area (Å²) in [5, 5.41) is 0.539. The molecular formula is C15H21ClN2O. The molecule has 0 aromatic heterocycles. The summed E-state index contributed by atoms with van der Waals surface area (Å²) in [6.07, 6.45) is 0. The third-order valence-electron chi connectivity index (χ3n) is 3.39. The zero-order valence-electron chi connectivity index (χ0n) is 11.6. The second kappa shape index (κ2) is 6.40. The molecule has 4 heteroatoms. The van der Waals surface area contributed by atoms with Crippen molar-refractivity contribution in [3.05, 3.63) is 34.9 Å². The van der Waals surface area contributed by atoms with Gasteiger partial charge >= 0.3 is 0 Å². The molecule has 2 rings (SSSR count). The second-order valence-corrected chi connectivity index (χ2v) is 5.87. The van der Waals surface area contributed by atoms with Crippen LogP contribution in [0, 0.1) is 5.92 Å². The van der Waals surface area contributed by atoms with Gasteiger partial charge in [0.1, 0.15) is 0 Å².